The highest BCUT2D eigenvalue weighted by Gasteiger charge is 2.14. The summed E-state index contributed by atoms with van der Waals surface area (Å²) in [6.45, 7) is 1.85. The van der Waals surface area contributed by atoms with E-state index in [4.69, 9.17) is 5.73 Å². The summed E-state index contributed by atoms with van der Waals surface area (Å²) in [6.07, 6.45) is 1.60. The molecule has 2 amide bonds. The number of nitrogens with zero attached hydrogens (tertiary/aromatic N) is 1. The van der Waals surface area contributed by atoms with Gasteiger partial charge in [-0.3, -0.25) is 14.9 Å². The van der Waals surface area contributed by atoms with Gasteiger partial charge >= 0.3 is 11.8 Å². The van der Waals surface area contributed by atoms with Crippen molar-refractivity contribution in [1.29, 1.82) is 0 Å². The Morgan fingerprint density at radius 1 is 1.56 bits per heavy atom. The Labute approximate surface area is 101 Å². The number of amides is 2. The van der Waals surface area contributed by atoms with Crippen molar-refractivity contribution < 1.29 is 9.59 Å². The Kier molecular flexibility index (Phi) is 4.32. The lowest BCUT2D eigenvalue weighted by molar-refractivity contribution is -0.135. The number of thiazole rings is 1. The number of thiocarbonyl (C=S) groups is 1. The molecule has 6 nitrogen and oxygen atoms in total. The molecule has 1 rings (SSSR count). The summed E-state index contributed by atoms with van der Waals surface area (Å²) in [7, 11) is 0. The van der Waals surface area contributed by atoms with Gasteiger partial charge in [-0.15, -0.1) is 11.3 Å². The normalized spacial score (nSPS) is 9.56. The molecule has 16 heavy (non-hydrogen) atoms. The second-order valence-corrected chi connectivity index (χ2v) is 4.64. The van der Waals surface area contributed by atoms with Gasteiger partial charge in [-0.25, -0.2) is 4.98 Å². The molecule has 0 bridgehead atoms. The molecule has 0 aliphatic carbocycles. The van der Waals surface area contributed by atoms with E-state index in [1.165, 1.54) is 11.3 Å². The molecule has 1 heterocycles. The number of aromatic nitrogens is 1. The van der Waals surface area contributed by atoms with Crippen molar-refractivity contribution in [3.8, 4) is 0 Å². The van der Waals surface area contributed by atoms with Crippen molar-refractivity contribution in [2.24, 2.45) is 5.73 Å². The smallest absolute Gasteiger partial charge is 0.315 e. The molecule has 0 fully saturated rings. The Morgan fingerprint density at radius 2 is 2.25 bits per heavy atom. The molecule has 0 spiro atoms. The molecule has 0 unspecified atom stereocenters. The van der Waals surface area contributed by atoms with Crippen molar-refractivity contribution in [3.05, 3.63) is 11.1 Å². The van der Waals surface area contributed by atoms with Crippen molar-refractivity contribution >= 4 is 45.5 Å². The average molecular weight is 258 g/mol. The van der Waals surface area contributed by atoms with Crippen molar-refractivity contribution in [2.45, 2.75) is 6.92 Å². The third kappa shape index (κ3) is 3.91. The summed E-state index contributed by atoms with van der Waals surface area (Å²) in [5.74, 6) is -1.58. The van der Waals surface area contributed by atoms with Crippen molar-refractivity contribution in [2.75, 3.05) is 11.9 Å². The standard InChI is InChI=1S/C8H10N4O2S2/c1-4-2-11-8(16-4)12-7(14)6(13)10-3-5(9)15/h2H,3H2,1H3,(H2,9,15)(H,10,13)(H,11,12,14). The zero-order chi connectivity index (χ0) is 12.1. The van der Waals surface area contributed by atoms with Crippen LogP contribution >= 0.6 is 23.6 Å². The molecule has 1 aromatic rings. The Bertz CT molecular complexity index is 429. The van der Waals surface area contributed by atoms with Crippen LogP contribution in [0.5, 0.6) is 0 Å². The first kappa shape index (κ1) is 12.5. The van der Waals surface area contributed by atoms with Crippen LogP contribution in [0.25, 0.3) is 0 Å². The predicted molar refractivity (Wildman–Crippen MR) is 65.3 cm³/mol. The van der Waals surface area contributed by atoms with Crippen molar-refractivity contribution in [3.63, 3.8) is 0 Å². The Balaban J connectivity index is 2.46. The highest BCUT2D eigenvalue weighted by molar-refractivity contribution is 7.80. The SMILES string of the molecule is Cc1cnc(NC(=O)C(=O)NCC(N)=S)s1. The minimum Gasteiger partial charge on any atom is -0.392 e. The van der Waals surface area contributed by atoms with Crippen LogP contribution in [0.1, 0.15) is 4.88 Å². The molecule has 8 heteroatoms. The zero-order valence-corrected chi connectivity index (χ0v) is 10.1. The van der Waals surface area contributed by atoms with Gasteiger partial charge in [0.25, 0.3) is 0 Å². The molecular weight excluding hydrogens is 248 g/mol. The van der Waals surface area contributed by atoms with E-state index in [2.05, 4.69) is 27.8 Å². The summed E-state index contributed by atoms with van der Waals surface area (Å²) < 4.78 is 0. The number of nitrogens with one attached hydrogen (secondary N) is 2. The van der Waals surface area contributed by atoms with Crippen LogP contribution in [0.2, 0.25) is 0 Å². The van der Waals surface area contributed by atoms with E-state index < -0.39 is 11.8 Å². The molecule has 1 aromatic heterocycles. The maximum atomic E-state index is 11.3. The Hall–Kier alpha value is -1.54. The predicted octanol–water partition coefficient (Wildman–Crippen LogP) is -0.208. The van der Waals surface area contributed by atoms with E-state index in [9.17, 15) is 9.59 Å². The fraction of sp³-hybridized carbons (Fsp3) is 0.250. The number of hydrogen-bond donors (Lipinski definition) is 3. The lowest BCUT2D eigenvalue weighted by atomic mass is 10.5. The lowest BCUT2D eigenvalue weighted by Crippen LogP contribution is -2.39. The largest absolute Gasteiger partial charge is 0.392 e. The number of anilines is 1. The van der Waals surface area contributed by atoms with Crippen LogP contribution in [0.15, 0.2) is 6.20 Å². The summed E-state index contributed by atoms with van der Waals surface area (Å²) in [5.41, 5.74) is 5.17. The van der Waals surface area contributed by atoms with Crippen LogP contribution in [0, 0.1) is 6.92 Å². The van der Waals surface area contributed by atoms with Gasteiger partial charge in [-0.1, -0.05) is 12.2 Å². The van der Waals surface area contributed by atoms with Gasteiger partial charge in [0, 0.05) is 11.1 Å². The third-order valence-corrected chi connectivity index (χ3v) is 2.44. The molecule has 0 saturated carbocycles. The fourth-order valence-electron chi connectivity index (χ4n) is 0.814. The quantitative estimate of drug-likeness (QED) is 0.515. The van der Waals surface area contributed by atoms with E-state index in [0.29, 0.717) is 5.13 Å². The highest BCUT2D eigenvalue weighted by atomic mass is 32.1. The maximum Gasteiger partial charge on any atom is 0.315 e. The molecule has 0 radical (unpaired) electrons. The maximum absolute atomic E-state index is 11.3. The topological polar surface area (TPSA) is 97.1 Å². The first-order chi connectivity index (χ1) is 7.49. The number of carbonyl (C=O) groups excluding carboxylic acids is 2. The average Bonchev–Trinajstić information content (AvgIpc) is 2.60. The fourth-order valence-corrected chi connectivity index (χ4v) is 1.55. The number of nitrogens with two attached hydrogens (primary N) is 1. The molecule has 0 atom stereocenters. The highest BCUT2D eigenvalue weighted by Crippen LogP contribution is 2.15. The van der Waals surface area contributed by atoms with E-state index in [1.54, 1.807) is 6.20 Å². The van der Waals surface area contributed by atoms with Gasteiger partial charge in [0.15, 0.2) is 5.13 Å². The van der Waals surface area contributed by atoms with E-state index in [1.807, 2.05) is 6.92 Å². The first-order valence-electron chi connectivity index (χ1n) is 4.29. The van der Waals surface area contributed by atoms with Gasteiger partial charge in [-0.05, 0) is 6.92 Å². The molecular formula is C8H10N4O2S2. The van der Waals surface area contributed by atoms with E-state index in [-0.39, 0.29) is 11.5 Å². The van der Waals surface area contributed by atoms with Crippen LogP contribution in [0.4, 0.5) is 5.13 Å². The zero-order valence-electron chi connectivity index (χ0n) is 8.44. The molecule has 0 aliphatic rings. The number of hydrogen-bond acceptors (Lipinski definition) is 5. The summed E-state index contributed by atoms with van der Waals surface area (Å²) >= 11 is 5.84. The minimum atomic E-state index is -0.791. The Morgan fingerprint density at radius 3 is 2.75 bits per heavy atom. The van der Waals surface area contributed by atoms with Crippen molar-refractivity contribution in [1.82, 2.24) is 10.3 Å². The summed E-state index contributed by atoms with van der Waals surface area (Å²) in [5, 5.41) is 5.01. The first-order valence-corrected chi connectivity index (χ1v) is 5.51. The van der Waals surface area contributed by atoms with Gasteiger partial charge < -0.3 is 11.1 Å². The molecule has 4 N–H and O–H groups in total. The van der Waals surface area contributed by atoms with Gasteiger partial charge in [0.1, 0.15) is 0 Å². The third-order valence-electron chi connectivity index (χ3n) is 1.47. The minimum absolute atomic E-state index is 0.00150. The number of aryl methyl sites for hydroxylation is 1. The lowest BCUT2D eigenvalue weighted by Gasteiger charge is -2.02. The van der Waals surface area contributed by atoms with Crippen LogP contribution in [-0.4, -0.2) is 28.3 Å². The van der Waals surface area contributed by atoms with Crippen LogP contribution in [-0.2, 0) is 9.59 Å². The number of carbonyl (C=O) groups is 2. The van der Waals surface area contributed by atoms with Crippen LogP contribution < -0.4 is 16.4 Å². The van der Waals surface area contributed by atoms with Gasteiger partial charge in [0.2, 0.25) is 0 Å². The molecule has 86 valence electrons. The molecule has 0 aliphatic heterocycles. The molecule has 0 saturated heterocycles. The van der Waals surface area contributed by atoms with E-state index in [0.717, 1.165) is 4.88 Å². The second-order valence-electron chi connectivity index (χ2n) is 2.88. The van der Waals surface area contributed by atoms with Crippen LogP contribution in [0.3, 0.4) is 0 Å². The second kappa shape index (κ2) is 5.52. The van der Waals surface area contributed by atoms with Gasteiger partial charge in [0.05, 0.1) is 11.5 Å². The molecule has 0 aromatic carbocycles. The van der Waals surface area contributed by atoms with Gasteiger partial charge in [-0.2, -0.15) is 0 Å². The monoisotopic (exact) mass is 258 g/mol. The van der Waals surface area contributed by atoms with E-state index >= 15 is 0 Å². The summed E-state index contributed by atoms with van der Waals surface area (Å²) in [6, 6.07) is 0. The number of rotatable bonds is 3. The summed E-state index contributed by atoms with van der Waals surface area (Å²) in [4.78, 5) is 27.4.